The summed E-state index contributed by atoms with van der Waals surface area (Å²) in [6.07, 6.45) is 1.45. The smallest absolute Gasteiger partial charge is 0.446 e. The molecule has 1 aliphatic rings. The molecule has 3 nitrogen and oxygen atoms in total. The van der Waals surface area contributed by atoms with E-state index in [1.807, 2.05) is 4.90 Å². The van der Waals surface area contributed by atoms with E-state index in [-0.39, 0.29) is 16.7 Å². The molecule has 1 fully saturated rings. The molecule has 0 aliphatic carbocycles. The Kier molecular flexibility index (Phi) is 4.59. The molecule has 1 N–H and O–H groups in total. The molecule has 20 heavy (non-hydrogen) atoms. The lowest BCUT2D eigenvalue weighted by Gasteiger charge is -2.21. The summed E-state index contributed by atoms with van der Waals surface area (Å²) in [5, 5.41) is 9.06. The Morgan fingerprint density at radius 1 is 1.35 bits per heavy atom. The summed E-state index contributed by atoms with van der Waals surface area (Å²) in [5.74, 6) is -0.841. The number of rotatable bonds is 4. The zero-order valence-corrected chi connectivity index (χ0v) is 11.4. The number of carbonyl (C=O) groups is 1. The molecule has 0 spiro atoms. The molecule has 0 aromatic heterocycles. The van der Waals surface area contributed by atoms with E-state index in [0.29, 0.717) is 19.5 Å². The van der Waals surface area contributed by atoms with Crippen molar-refractivity contribution in [2.45, 2.75) is 35.8 Å². The first-order valence-electron chi connectivity index (χ1n) is 6.17. The van der Waals surface area contributed by atoms with Gasteiger partial charge in [-0.3, -0.25) is 9.69 Å². The first-order valence-corrected chi connectivity index (χ1v) is 6.98. The minimum Gasteiger partial charge on any atom is -0.480 e. The van der Waals surface area contributed by atoms with Crippen molar-refractivity contribution in [2.24, 2.45) is 0 Å². The topological polar surface area (TPSA) is 40.5 Å². The fraction of sp³-hybridized carbons (Fsp3) is 0.462. The van der Waals surface area contributed by atoms with Crippen LogP contribution in [0.2, 0.25) is 0 Å². The van der Waals surface area contributed by atoms with E-state index in [0.717, 1.165) is 12.0 Å². The zero-order valence-electron chi connectivity index (χ0n) is 10.6. The Balaban J connectivity index is 1.98. The molecule has 0 radical (unpaired) electrons. The van der Waals surface area contributed by atoms with Gasteiger partial charge in [0.1, 0.15) is 6.04 Å². The van der Waals surface area contributed by atoms with Gasteiger partial charge in [0, 0.05) is 11.4 Å². The van der Waals surface area contributed by atoms with Gasteiger partial charge in [0.2, 0.25) is 0 Å². The zero-order chi connectivity index (χ0) is 14.8. The Morgan fingerprint density at radius 2 is 2.00 bits per heavy atom. The lowest BCUT2D eigenvalue weighted by Crippen LogP contribution is -2.35. The van der Waals surface area contributed by atoms with Gasteiger partial charge in [-0.15, -0.1) is 0 Å². The highest BCUT2D eigenvalue weighted by atomic mass is 32.2. The number of likely N-dealkylation sites (tertiary alicyclic amines) is 1. The molecule has 1 atom stereocenters. The Bertz CT molecular complexity index is 475. The third-order valence-corrected chi connectivity index (χ3v) is 3.93. The fourth-order valence-electron chi connectivity index (χ4n) is 2.33. The van der Waals surface area contributed by atoms with E-state index in [1.165, 1.54) is 12.1 Å². The monoisotopic (exact) mass is 305 g/mol. The molecular weight excluding hydrogens is 291 g/mol. The second-order valence-electron chi connectivity index (χ2n) is 4.66. The second kappa shape index (κ2) is 6.05. The highest BCUT2D eigenvalue weighted by Gasteiger charge is 2.31. The standard InChI is InChI=1S/C13H14F3NO2S/c14-13(15,16)20-10-5-3-9(4-6-10)8-17-7-1-2-11(17)12(18)19/h3-6,11H,1-2,7-8H2,(H,18,19). The van der Waals surface area contributed by atoms with Crippen molar-refractivity contribution >= 4 is 17.7 Å². The van der Waals surface area contributed by atoms with Crippen molar-refractivity contribution < 1.29 is 23.1 Å². The largest absolute Gasteiger partial charge is 0.480 e. The molecular formula is C13H14F3NO2S. The Morgan fingerprint density at radius 3 is 2.55 bits per heavy atom. The highest BCUT2D eigenvalue weighted by molar-refractivity contribution is 8.00. The average Bonchev–Trinajstić information content (AvgIpc) is 2.78. The van der Waals surface area contributed by atoms with Crippen LogP contribution in [0.3, 0.4) is 0 Å². The summed E-state index contributed by atoms with van der Waals surface area (Å²) in [6, 6.07) is 5.58. The molecule has 0 bridgehead atoms. The predicted molar refractivity (Wildman–Crippen MR) is 69.4 cm³/mol. The van der Waals surface area contributed by atoms with Gasteiger partial charge in [-0.2, -0.15) is 13.2 Å². The summed E-state index contributed by atoms with van der Waals surface area (Å²) >= 11 is -0.150. The summed E-state index contributed by atoms with van der Waals surface area (Å²) in [5.41, 5.74) is -3.46. The van der Waals surface area contributed by atoms with E-state index in [2.05, 4.69) is 0 Å². The van der Waals surface area contributed by atoms with E-state index in [9.17, 15) is 18.0 Å². The van der Waals surface area contributed by atoms with Crippen molar-refractivity contribution in [3.05, 3.63) is 29.8 Å². The predicted octanol–water partition coefficient (Wildman–Crippen LogP) is 3.35. The maximum Gasteiger partial charge on any atom is 0.446 e. The van der Waals surface area contributed by atoms with Crippen LogP contribution in [0.25, 0.3) is 0 Å². The van der Waals surface area contributed by atoms with Crippen molar-refractivity contribution in [3.63, 3.8) is 0 Å². The lowest BCUT2D eigenvalue weighted by molar-refractivity contribution is -0.142. The van der Waals surface area contributed by atoms with Crippen LogP contribution in [-0.4, -0.2) is 34.1 Å². The van der Waals surface area contributed by atoms with Crippen LogP contribution in [0.4, 0.5) is 13.2 Å². The number of carboxylic acid groups (broad SMARTS) is 1. The molecule has 1 aromatic rings. The second-order valence-corrected chi connectivity index (χ2v) is 5.80. The molecule has 1 saturated heterocycles. The number of halogens is 3. The van der Waals surface area contributed by atoms with E-state index in [4.69, 9.17) is 5.11 Å². The number of thioether (sulfide) groups is 1. The summed E-state index contributed by atoms with van der Waals surface area (Å²) < 4.78 is 36.6. The number of aliphatic carboxylic acids is 1. The first-order chi connectivity index (χ1) is 9.35. The fourth-order valence-corrected chi connectivity index (χ4v) is 2.87. The Hall–Kier alpha value is -1.21. The molecule has 110 valence electrons. The molecule has 0 amide bonds. The summed E-state index contributed by atoms with van der Waals surface area (Å²) in [7, 11) is 0. The molecule has 1 heterocycles. The maximum absolute atomic E-state index is 12.2. The quantitative estimate of drug-likeness (QED) is 0.866. The number of hydrogen-bond acceptors (Lipinski definition) is 3. The third kappa shape index (κ3) is 4.14. The number of alkyl halides is 3. The highest BCUT2D eigenvalue weighted by Crippen LogP contribution is 2.36. The number of benzene rings is 1. The minimum atomic E-state index is -4.29. The van der Waals surface area contributed by atoms with Crippen LogP contribution < -0.4 is 0 Å². The molecule has 2 rings (SSSR count). The van der Waals surface area contributed by atoms with Gasteiger partial charge in [0.15, 0.2) is 0 Å². The van der Waals surface area contributed by atoms with Crippen molar-refractivity contribution in [1.29, 1.82) is 0 Å². The maximum atomic E-state index is 12.2. The van der Waals surface area contributed by atoms with Crippen molar-refractivity contribution in [3.8, 4) is 0 Å². The summed E-state index contributed by atoms with van der Waals surface area (Å²) in [6.45, 7) is 1.16. The van der Waals surface area contributed by atoms with Crippen LogP contribution >= 0.6 is 11.8 Å². The molecule has 1 aliphatic heterocycles. The molecule has 7 heteroatoms. The number of carboxylic acids is 1. The first kappa shape index (κ1) is 15.2. The molecule has 1 aromatic carbocycles. The molecule has 0 saturated carbocycles. The van der Waals surface area contributed by atoms with Crippen LogP contribution in [0.15, 0.2) is 29.2 Å². The van der Waals surface area contributed by atoms with Crippen LogP contribution in [0.5, 0.6) is 0 Å². The van der Waals surface area contributed by atoms with Gasteiger partial charge < -0.3 is 5.11 Å². The van der Waals surface area contributed by atoms with Gasteiger partial charge in [0.25, 0.3) is 0 Å². The third-order valence-electron chi connectivity index (χ3n) is 3.19. The Labute approximate surface area is 118 Å². The van der Waals surface area contributed by atoms with E-state index >= 15 is 0 Å². The minimum absolute atomic E-state index is 0.137. The van der Waals surface area contributed by atoms with E-state index < -0.39 is 17.5 Å². The average molecular weight is 305 g/mol. The normalized spacial score (nSPS) is 20.2. The van der Waals surface area contributed by atoms with Crippen molar-refractivity contribution in [1.82, 2.24) is 4.90 Å². The van der Waals surface area contributed by atoms with Crippen molar-refractivity contribution in [2.75, 3.05) is 6.54 Å². The van der Waals surface area contributed by atoms with Crippen LogP contribution in [-0.2, 0) is 11.3 Å². The van der Waals surface area contributed by atoms with Gasteiger partial charge in [-0.25, -0.2) is 0 Å². The van der Waals surface area contributed by atoms with Crippen LogP contribution in [0.1, 0.15) is 18.4 Å². The number of hydrogen-bond donors (Lipinski definition) is 1. The van der Waals surface area contributed by atoms with Crippen LogP contribution in [0, 0.1) is 0 Å². The SMILES string of the molecule is O=C(O)C1CCCN1Cc1ccc(SC(F)(F)F)cc1. The molecule has 1 unspecified atom stereocenters. The lowest BCUT2D eigenvalue weighted by atomic mass is 10.2. The van der Waals surface area contributed by atoms with Gasteiger partial charge in [-0.1, -0.05) is 12.1 Å². The van der Waals surface area contributed by atoms with Gasteiger partial charge in [-0.05, 0) is 48.8 Å². The van der Waals surface area contributed by atoms with Gasteiger partial charge >= 0.3 is 11.5 Å². The van der Waals surface area contributed by atoms with E-state index in [1.54, 1.807) is 12.1 Å². The summed E-state index contributed by atoms with van der Waals surface area (Å²) in [4.78, 5) is 13.0. The number of nitrogens with zero attached hydrogens (tertiary/aromatic N) is 1. The van der Waals surface area contributed by atoms with Gasteiger partial charge in [0.05, 0.1) is 0 Å².